The molecule has 0 aromatic carbocycles. The van der Waals surface area contributed by atoms with E-state index in [1.165, 1.54) is 16.9 Å². The van der Waals surface area contributed by atoms with Crippen molar-refractivity contribution in [3.8, 4) is 11.9 Å². The fourth-order valence-corrected chi connectivity index (χ4v) is 5.15. The van der Waals surface area contributed by atoms with Gasteiger partial charge < -0.3 is 4.74 Å². The summed E-state index contributed by atoms with van der Waals surface area (Å²) in [4.78, 5) is 4.09. The van der Waals surface area contributed by atoms with Gasteiger partial charge in [0.2, 0.25) is 5.88 Å². The Labute approximate surface area is 149 Å². The van der Waals surface area contributed by atoms with Crippen LogP contribution in [-0.2, 0) is 10.2 Å². The smallest absolute Gasteiger partial charge is 0.282 e. The van der Waals surface area contributed by atoms with Crippen molar-refractivity contribution in [1.82, 2.24) is 13.6 Å². The van der Waals surface area contributed by atoms with E-state index in [2.05, 4.69) is 4.98 Å². The van der Waals surface area contributed by atoms with Gasteiger partial charge in [0.15, 0.2) is 0 Å². The molecule has 136 valence electrons. The first-order valence-electron chi connectivity index (χ1n) is 8.76. The molecule has 2 fully saturated rings. The second-order valence-corrected chi connectivity index (χ2v) is 8.69. The zero-order valence-electron chi connectivity index (χ0n) is 14.5. The van der Waals surface area contributed by atoms with Crippen LogP contribution in [0.15, 0.2) is 18.3 Å². The van der Waals surface area contributed by atoms with Crippen molar-refractivity contribution in [2.75, 3.05) is 20.1 Å². The van der Waals surface area contributed by atoms with Gasteiger partial charge in [-0.1, -0.05) is 19.3 Å². The summed E-state index contributed by atoms with van der Waals surface area (Å²) < 4.78 is 34.6. The Morgan fingerprint density at radius 1 is 1.28 bits per heavy atom. The van der Waals surface area contributed by atoms with Gasteiger partial charge in [0, 0.05) is 31.9 Å². The third-order valence-corrected chi connectivity index (χ3v) is 7.05. The summed E-state index contributed by atoms with van der Waals surface area (Å²) in [6.07, 6.45) is 7.16. The van der Waals surface area contributed by atoms with E-state index in [1.807, 2.05) is 6.07 Å². The van der Waals surface area contributed by atoms with Gasteiger partial charge in [-0.2, -0.15) is 22.3 Å². The number of rotatable bonds is 5. The van der Waals surface area contributed by atoms with Crippen LogP contribution in [0.1, 0.15) is 44.1 Å². The normalized spacial score (nSPS) is 22.8. The summed E-state index contributed by atoms with van der Waals surface area (Å²) in [6, 6.07) is 5.40. The third-order valence-electron chi connectivity index (χ3n) is 5.04. The molecule has 1 aromatic rings. The van der Waals surface area contributed by atoms with Crippen LogP contribution in [0.2, 0.25) is 0 Å². The minimum Gasteiger partial charge on any atom is -0.473 e. The lowest BCUT2D eigenvalue weighted by molar-refractivity contribution is 0.203. The van der Waals surface area contributed by atoms with Gasteiger partial charge in [-0.05, 0) is 25.3 Å². The summed E-state index contributed by atoms with van der Waals surface area (Å²) in [5, 5.41) is 8.79. The van der Waals surface area contributed by atoms with Gasteiger partial charge in [-0.15, -0.1) is 0 Å². The molecule has 0 N–H and O–H groups in total. The standard InChI is InChI=1S/C17H24N4O3S/c1-20(15-5-3-2-4-6-15)25(22,23)21-10-9-16(13-21)24-17-8-7-14(11-18)12-19-17/h7-8,12,15-16H,2-6,9-10,13H2,1H3. The van der Waals surface area contributed by atoms with Gasteiger partial charge in [0.05, 0.1) is 12.1 Å². The van der Waals surface area contributed by atoms with Crippen LogP contribution < -0.4 is 4.74 Å². The molecule has 0 radical (unpaired) electrons. The Bertz CT molecular complexity index is 723. The molecule has 0 bridgehead atoms. The molecule has 1 unspecified atom stereocenters. The zero-order chi connectivity index (χ0) is 17.9. The summed E-state index contributed by atoms with van der Waals surface area (Å²) >= 11 is 0. The Balaban J connectivity index is 1.60. The molecule has 1 aromatic heterocycles. The van der Waals surface area contributed by atoms with Crippen molar-refractivity contribution in [3.05, 3.63) is 23.9 Å². The summed E-state index contributed by atoms with van der Waals surface area (Å²) in [5.74, 6) is 0.420. The quantitative estimate of drug-likeness (QED) is 0.797. The lowest BCUT2D eigenvalue weighted by atomic mass is 9.96. The fraction of sp³-hybridized carbons (Fsp3) is 0.647. The average molecular weight is 364 g/mol. The molecular formula is C17H24N4O3S. The van der Waals surface area contributed by atoms with Crippen molar-refractivity contribution in [1.29, 1.82) is 5.26 Å². The van der Waals surface area contributed by atoms with E-state index < -0.39 is 10.2 Å². The van der Waals surface area contributed by atoms with E-state index in [0.29, 0.717) is 31.0 Å². The van der Waals surface area contributed by atoms with Crippen LogP contribution in [0.25, 0.3) is 0 Å². The highest BCUT2D eigenvalue weighted by atomic mass is 32.2. The Hall–Kier alpha value is -1.69. The van der Waals surface area contributed by atoms with Gasteiger partial charge in [0.1, 0.15) is 12.2 Å². The van der Waals surface area contributed by atoms with Crippen molar-refractivity contribution >= 4 is 10.2 Å². The number of nitriles is 1. The largest absolute Gasteiger partial charge is 0.473 e. The fourth-order valence-electron chi connectivity index (χ4n) is 3.51. The molecule has 3 rings (SSSR count). The summed E-state index contributed by atoms with van der Waals surface area (Å²) in [7, 11) is -1.75. The highest BCUT2D eigenvalue weighted by molar-refractivity contribution is 7.86. The molecule has 2 aliphatic rings. The lowest BCUT2D eigenvalue weighted by Gasteiger charge is -2.33. The molecule has 8 heteroatoms. The van der Waals surface area contributed by atoms with Crippen LogP contribution in [0, 0.1) is 11.3 Å². The van der Waals surface area contributed by atoms with Gasteiger partial charge in [0.25, 0.3) is 10.2 Å². The lowest BCUT2D eigenvalue weighted by Crippen LogP contribution is -2.46. The first kappa shape index (κ1) is 18.1. The molecular weight excluding hydrogens is 340 g/mol. The first-order chi connectivity index (χ1) is 12.0. The van der Waals surface area contributed by atoms with E-state index in [9.17, 15) is 8.42 Å². The van der Waals surface area contributed by atoms with E-state index in [-0.39, 0.29) is 12.1 Å². The summed E-state index contributed by atoms with van der Waals surface area (Å²) in [6.45, 7) is 0.793. The van der Waals surface area contributed by atoms with Crippen molar-refractivity contribution in [2.45, 2.75) is 50.7 Å². The average Bonchev–Trinajstić information content (AvgIpc) is 3.12. The molecule has 1 atom stereocenters. The SMILES string of the molecule is CN(C1CCCCC1)S(=O)(=O)N1CCC(Oc2ccc(C#N)cn2)C1. The third kappa shape index (κ3) is 4.11. The molecule has 1 saturated carbocycles. The number of pyridine rings is 1. The first-order valence-corrected chi connectivity index (χ1v) is 10.2. The van der Waals surface area contributed by atoms with Crippen molar-refractivity contribution in [2.24, 2.45) is 0 Å². The minimum absolute atomic E-state index is 0.110. The molecule has 25 heavy (non-hydrogen) atoms. The predicted octanol–water partition coefficient (Wildman–Crippen LogP) is 1.92. The van der Waals surface area contributed by atoms with Gasteiger partial charge in [-0.25, -0.2) is 4.98 Å². The number of ether oxygens (including phenoxy) is 1. The molecule has 1 saturated heterocycles. The molecule has 1 aliphatic carbocycles. The number of hydrogen-bond donors (Lipinski definition) is 0. The zero-order valence-corrected chi connectivity index (χ0v) is 15.3. The molecule has 2 heterocycles. The summed E-state index contributed by atoms with van der Waals surface area (Å²) in [5.41, 5.74) is 0.470. The minimum atomic E-state index is -3.45. The Kier molecular flexibility index (Phi) is 5.57. The van der Waals surface area contributed by atoms with Gasteiger partial charge in [-0.3, -0.25) is 0 Å². The second-order valence-electron chi connectivity index (χ2n) is 6.70. The molecule has 0 amide bonds. The molecule has 7 nitrogen and oxygen atoms in total. The molecule has 0 spiro atoms. The topological polar surface area (TPSA) is 86.5 Å². The van der Waals surface area contributed by atoms with Crippen LogP contribution in [0.5, 0.6) is 5.88 Å². The van der Waals surface area contributed by atoms with E-state index >= 15 is 0 Å². The monoisotopic (exact) mass is 364 g/mol. The van der Waals surface area contributed by atoms with Crippen LogP contribution in [0.4, 0.5) is 0 Å². The van der Waals surface area contributed by atoms with E-state index in [4.69, 9.17) is 10.00 Å². The van der Waals surface area contributed by atoms with Crippen LogP contribution in [0.3, 0.4) is 0 Å². The Morgan fingerprint density at radius 3 is 2.68 bits per heavy atom. The maximum atomic E-state index is 12.9. The maximum absolute atomic E-state index is 12.9. The van der Waals surface area contributed by atoms with Gasteiger partial charge >= 0.3 is 0 Å². The second kappa shape index (κ2) is 7.68. The maximum Gasteiger partial charge on any atom is 0.282 e. The number of nitrogens with zero attached hydrogens (tertiary/aromatic N) is 4. The van der Waals surface area contributed by atoms with Crippen LogP contribution >= 0.6 is 0 Å². The molecule has 1 aliphatic heterocycles. The van der Waals surface area contributed by atoms with Crippen molar-refractivity contribution < 1.29 is 13.2 Å². The Morgan fingerprint density at radius 2 is 2.04 bits per heavy atom. The number of aromatic nitrogens is 1. The van der Waals surface area contributed by atoms with E-state index in [0.717, 1.165) is 25.7 Å². The predicted molar refractivity (Wildman–Crippen MR) is 93.1 cm³/mol. The number of hydrogen-bond acceptors (Lipinski definition) is 5. The van der Waals surface area contributed by atoms with Crippen molar-refractivity contribution in [3.63, 3.8) is 0 Å². The van der Waals surface area contributed by atoms with Crippen LogP contribution in [-0.4, -0.2) is 54.3 Å². The highest BCUT2D eigenvalue weighted by Gasteiger charge is 2.37. The highest BCUT2D eigenvalue weighted by Crippen LogP contribution is 2.27. The van der Waals surface area contributed by atoms with E-state index in [1.54, 1.807) is 23.5 Å².